The van der Waals surface area contributed by atoms with Crippen molar-refractivity contribution in [3.63, 3.8) is 0 Å². The number of nitrogens with zero attached hydrogens (tertiary/aromatic N) is 4. The first kappa shape index (κ1) is 27.7. The maximum Gasteiger partial charge on any atom is 0.227 e. The summed E-state index contributed by atoms with van der Waals surface area (Å²) in [4.78, 5) is 22.6. The molecule has 4 heterocycles. The van der Waals surface area contributed by atoms with Crippen molar-refractivity contribution in [2.45, 2.75) is 96.2 Å². The Kier molecular flexibility index (Phi) is 7.23. The third kappa shape index (κ3) is 5.07. The van der Waals surface area contributed by atoms with E-state index in [0.29, 0.717) is 36.2 Å². The van der Waals surface area contributed by atoms with Gasteiger partial charge in [0.1, 0.15) is 11.6 Å². The van der Waals surface area contributed by atoms with Crippen molar-refractivity contribution in [2.75, 3.05) is 19.6 Å². The number of benzene rings is 2. The summed E-state index contributed by atoms with van der Waals surface area (Å²) in [6, 6.07) is 15.1. The van der Waals surface area contributed by atoms with E-state index in [1.165, 1.54) is 24.4 Å². The van der Waals surface area contributed by atoms with Crippen molar-refractivity contribution in [1.29, 1.82) is 0 Å². The monoisotopic (exact) mass is 564 g/mol. The third-order valence-corrected chi connectivity index (χ3v) is 10.2. The number of amides is 1. The number of rotatable bonds is 5. The van der Waals surface area contributed by atoms with Gasteiger partial charge >= 0.3 is 0 Å². The van der Waals surface area contributed by atoms with Gasteiger partial charge < -0.3 is 9.47 Å². The number of carbonyl (C=O) groups excluding carboxylic acids is 1. The number of halogens is 2. The Bertz CT molecular complexity index is 1370. The maximum atomic E-state index is 14.6. The summed E-state index contributed by atoms with van der Waals surface area (Å²) in [7, 11) is 0. The molecule has 5 nitrogen and oxygen atoms in total. The fourth-order valence-electron chi connectivity index (χ4n) is 7.95. The van der Waals surface area contributed by atoms with Crippen LogP contribution in [-0.2, 0) is 10.2 Å². The van der Waals surface area contributed by atoms with E-state index < -0.39 is 5.41 Å². The van der Waals surface area contributed by atoms with Crippen LogP contribution in [0, 0.1) is 18.2 Å². The first-order valence-corrected chi connectivity index (χ1v) is 15.4. The smallest absolute Gasteiger partial charge is 0.227 e. The lowest BCUT2D eigenvalue weighted by atomic mass is 9.70. The van der Waals surface area contributed by atoms with Crippen LogP contribution < -0.4 is 0 Å². The van der Waals surface area contributed by atoms with Gasteiger partial charge in [-0.15, -0.1) is 0 Å². The van der Waals surface area contributed by atoms with Crippen molar-refractivity contribution in [1.82, 2.24) is 19.4 Å². The van der Waals surface area contributed by atoms with Gasteiger partial charge in [-0.25, -0.2) is 9.37 Å². The van der Waals surface area contributed by atoms with Gasteiger partial charge in [0.2, 0.25) is 5.91 Å². The van der Waals surface area contributed by atoms with Crippen LogP contribution in [0.25, 0.3) is 11.0 Å². The van der Waals surface area contributed by atoms with Crippen molar-refractivity contribution in [3.05, 3.63) is 64.7 Å². The Labute approximate surface area is 242 Å². The quantitative estimate of drug-likeness (QED) is 0.326. The molecule has 0 N–H and O–H groups in total. The molecule has 40 heavy (non-hydrogen) atoms. The molecule has 3 aromatic rings. The number of likely N-dealkylation sites (tertiary alicyclic amines) is 1. The number of hydrogen-bond donors (Lipinski definition) is 0. The predicted octanol–water partition coefficient (Wildman–Crippen LogP) is 7.30. The van der Waals surface area contributed by atoms with Gasteiger partial charge in [-0.05, 0) is 94.3 Å². The summed E-state index contributed by atoms with van der Waals surface area (Å²) in [5.74, 6) is 1.03. The Morgan fingerprint density at radius 2 is 1.73 bits per heavy atom. The molecule has 3 atom stereocenters. The minimum atomic E-state index is -0.398. The molecule has 0 aliphatic carbocycles. The highest BCUT2D eigenvalue weighted by Gasteiger charge is 2.44. The predicted molar refractivity (Wildman–Crippen MR) is 159 cm³/mol. The van der Waals surface area contributed by atoms with Gasteiger partial charge in [-0.1, -0.05) is 44.5 Å². The summed E-state index contributed by atoms with van der Waals surface area (Å²) in [5, 5.41) is 0.450. The topological polar surface area (TPSA) is 41.4 Å². The van der Waals surface area contributed by atoms with E-state index in [2.05, 4.69) is 40.7 Å². The summed E-state index contributed by atoms with van der Waals surface area (Å²) >= 11 is 6.37. The lowest BCUT2D eigenvalue weighted by molar-refractivity contribution is -0.141. The molecule has 0 unspecified atom stereocenters. The standard InChI is InChI=1S/C33H42ClFN4O/c1-22-36-29-7-5-6-8-30(29)39(22)28-20-26-9-10-27(21-28)38(26)16-13-33(23-17-24(34)19-25(35)18-23)11-14-37(15-12-33)31(40)32(2,3)4/h5-8,17-19,26-28H,9-16,20-21H2,1-4H3/t26-,27+,28+. The summed E-state index contributed by atoms with van der Waals surface area (Å²) in [6.07, 6.45) is 7.38. The average molecular weight is 565 g/mol. The van der Waals surface area contributed by atoms with E-state index in [0.717, 1.165) is 55.6 Å². The van der Waals surface area contributed by atoms with Crippen LogP contribution in [0.4, 0.5) is 4.39 Å². The second-order valence-electron chi connectivity index (χ2n) is 13.5. The van der Waals surface area contributed by atoms with Gasteiger partial charge in [0, 0.05) is 47.1 Å². The zero-order valence-electron chi connectivity index (χ0n) is 24.3. The number of fused-ring (bicyclic) bond motifs is 3. The number of piperidine rings is 2. The van der Waals surface area contributed by atoms with Gasteiger partial charge in [-0.2, -0.15) is 0 Å². The van der Waals surface area contributed by atoms with Crippen LogP contribution in [0.15, 0.2) is 42.5 Å². The van der Waals surface area contributed by atoms with Crippen LogP contribution in [0.3, 0.4) is 0 Å². The highest BCUT2D eigenvalue weighted by molar-refractivity contribution is 6.30. The van der Waals surface area contributed by atoms with Crippen molar-refractivity contribution in [2.24, 2.45) is 5.41 Å². The number of para-hydroxylation sites is 2. The lowest BCUT2D eigenvalue weighted by Gasteiger charge is -2.46. The lowest BCUT2D eigenvalue weighted by Crippen LogP contribution is -2.50. The van der Waals surface area contributed by atoms with Crippen molar-refractivity contribution < 1.29 is 9.18 Å². The fourth-order valence-corrected chi connectivity index (χ4v) is 8.17. The summed E-state index contributed by atoms with van der Waals surface area (Å²) in [6.45, 7) is 10.5. The van der Waals surface area contributed by atoms with Crippen molar-refractivity contribution >= 4 is 28.5 Å². The molecule has 3 aliphatic rings. The normalized spacial score (nSPS) is 25.1. The molecule has 0 radical (unpaired) electrons. The number of carbonyl (C=O) groups is 1. The van der Waals surface area contributed by atoms with E-state index in [4.69, 9.17) is 16.6 Å². The van der Waals surface area contributed by atoms with Gasteiger partial charge in [-0.3, -0.25) is 9.69 Å². The Morgan fingerprint density at radius 3 is 2.38 bits per heavy atom. The molecular formula is C33H42ClFN4O. The fraction of sp³-hybridized carbons (Fsp3) is 0.576. The van der Waals surface area contributed by atoms with Crippen LogP contribution in [0.1, 0.15) is 83.1 Å². The molecule has 7 heteroatoms. The van der Waals surface area contributed by atoms with Crippen LogP contribution in [0.2, 0.25) is 5.02 Å². The molecule has 3 aliphatic heterocycles. The zero-order chi connectivity index (χ0) is 28.2. The first-order chi connectivity index (χ1) is 19.0. The Balaban J connectivity index is 1.21. The second-order valence-corrected chi connectivity index (χ2v) is 13.9. The second kappa shape index (κ2) is 10.4. The minimum absolute atomic E-state index is 0.187. The van der Waals surface area contributed by atoms with Crippen molar-refractivity contribution in [3.8, 4) is 0 Å². The summed E-state index contributed by atoms with van der Waals surface area (Å²) < 4.78 is 17.1. The highest BCUT2D eigenvalue weighted by Crippen LogP contribution is 2.45. The first-order valence-electron chi connectivity index (χ1n) is 15.0. The molecule has 1 aromatic heterocycles. The SMILES string of the molecule is Cc1nc2ccccc2n1[C@H]1C[C@H]2CC[C@@H](C1)N2CCC1(c2cc(F)cc(Cl)c2)CCN(C(=O)C(C)(C)C)CC1. The van der Waals surface area contributed by atoms with E-state index in [1.807, 2.05) is 31.7 Å². The molecule has 2 aromatic carbocycles. The number of aryl methyl sites for hydroxylation is 1. The molecule has 2 bridgehead atoms. The molecule has 3 saturated heterocycles. The van der Waals surface area contributed by atoms with Gasteiger partial charge in [0.25, 0.3) is 0 Å². The largest absolute Gasteiger partial charge is 0.342 e. The molecular weight excluding hydrogens is 523 g/mol. The Morgan fingerprint density at radius 1 is 1.05 bits per heavy atom. The molecule has 1 amide bonds. The molecule has 214 valence electrons. The number of imidazole rings is 1. The minimum Gasteiger partial charge on any atom is -0.342 e. The molecule has 0 saturated carbocycles. The molecule has 6 rings (SSSR count). The zero-order valence-corrected chi connectivity index (χ0v) is 25.1. The van der Waals surface area contributed by atoms with Gasteiger partial charge in [0.15, 0.2) is 0 Å². The van der Waals surface area contributed by atoms with Crippen LogP contribution >= 0.6 is 11.6 Å². The third-order valence-electron chi connectivity index (χ3n) is 9.97. The molecule has 0 spiro atoms. The van der Waals surface area contributed by atoms with Gasteiger partial charge in [0.05, 0.1) is 11.0 Å². The summed E-state index contributed by atoms with van der Waals surface area (Å²) in [5.41, 5.74) is 2.74. The van der Waals surface area contributed by atoms with Crippen LogP contribution in [-0.4, -0.2) is 57.0 Å². The molecule has 3 fully saturated rings. The maximum absolute atomic E-state index is 14.6. The number of hydrogen-bond acceptors (Lipinski definition) is 3. The van der Waals surface area contributed by atoms with E-state index in [-0.39, 0.29) is 17.1 Å². The van der Waals surface area contributed by atoms with Crippen LogP contribution in [0.5, 0.6) is 0 Å². The average Bonchev–Trinajstić information content (AvgIpc) is 3.36. The number of aromatic nitrogens is 2. The highest BCUT2D eigenvalue weighted by atomic mass is 35.5. The van der Waals surface area contributed by atoms with E-state index >= 15 is 0 Å². The van der Waals surface area contributed by atoms with E-state index in [9.17, 15) is 9.18 Å². The Hall–Kier alpha value is -2.44. The van der Waals surface area contributed by atoms with E-state index in [1.54, 1.807) is 6.07 Å².